The lowest BCUT2D eigenvalue weighted by Crippen LogP contribution is -2.17. The fourth-order valence-corrected chi connectivity index (χ4v) is 3.39. The van der Waals surface area contributed by atoms with Crippen molar-refractivity contribution in [1.82, 2.24) is 9.97 Å². The number of halogens is 4. The maximum absolute atomic E-state index is 14.8. The van der Waals surface area contributed by atoms with Crippen LogP contribution in [0.4, 0.5) is 34.8 Å². The topological polar surface area (TPSA) is 78.9 Å². The minimum atomic E-state index is -1.52. The first-order chi connectivity index (χ1) is 15.0. The number of hydrogen-bond donors (Lipinski definition) is 3. The number of aromatic nitrogens is 2. The zero-order chi connectivity index (χ0) is 22.4. The van der Waals surface area contributed by atoms with Crippen molar-refractivity contribution in [2.45, 2.75) is 13.3 Å². The normalized spacial score (nSPS) is 10.9. The van der Waals surface area contributed by atoms with E-state index in [0.717, 1.165) is 18.4 Å². The fraction of sp³-hybridized carbons (Fsp3) is 0.250. The molecule has 0 radical (unpaired) electrons. The van der Waals surface area contributed by atoms with Crippen molar-refractivity contribution in [3.8, 4) is 0 Å². The summed E-state index contributed by atoms with van der Waals surface area (Å²) in [5.74, 6) is -3.92. The van der Waals surface area contributed by atoms with E-state index in [4.69, 9.17) is 0 Å². The van der Waals surface area contributed by atoms with E-state index >= 15 is 0 Å². The average molecular weight is 453 g/mol. The summed E-state index contributed by atoms with van der Waals surface area (Å²) in [5.41, 5.74) is -1.02. The highest BCUT2D eigenvalue weighted by molar-refractivity contribution is 8.00. The number of para-hydroxylation sites is 1. The van der Waals surface area contributed by atoms with Gasteiger partial charge in [0.25, 0.3) is 5.91 Å². The first-order valence-electron chi connectivity index (χ1n) is 9.38. The number of carbonyl (C=O) groups is 1. The Morgan fingerprint density at radius 3 is 2.71 bits per heavy atom. The molecule has 1 aromatic heterocycles. The molecule has 3 N–H and O–H groups in total. The van der Waals surface area contributed by atoms with E-state index in [1.54, 1.807) is 6.07 Å². The first-order valence-corrected chi connectivity index (χ1v) is 10.4. The van der Waals surface area contributed by atoms with Gasteiger partial charge in [0, 0.05) is 23.8 Å². The van der Waals surface area contributed by atoms with Gasteiger partial charge in [-0.3, -0.25) is 4.79 Å². The monoisotopic (exact) mass is 453 g/mol. The molecule has 1 heterocycles. The smallest absolute Gasteiger partial charge is 0.258 e. The number of anilines is 3. The van der Waals surface area contributed by atoms with Crippen LogP contribution in [0.2, 0.25) is 0 Å². The van der Waals surface area contributed by atoms with E-state index in [-0.39, 0.29) is 23.3 Å². The van der Waals surface area contributed by atoms with Crippen LogP contribution in [0.3, 0.4) is 0 Å². The molecule has 0 aliphatic heterocycles. The summed E-state index contributed by atoms with van der Waals surface area (Å²) in [6.07, 6.45) is 1.97. The third-order valence-corrected chi connectivity index (χ3v) is 5.16. The van der Waals surface area contributed by atoms with Crippen LogP contribution < -0.4 is 15.4 Å². The highest BCUT2D eigenvalue weighted by Crippen LogP contribution is 2.31. The quantitative estimate of drug-likeness (QED) is 0.180. The third kappa shape index (κ3) is 4.98. The van der Waals surface area contributed by atoms with Gasteiger partial charge in [-0.15, -0.1) is 0 Å². The molecule has 0 spiro atoms. The van der Waals surface area contributed by atoms with Gasteiger partial charge >= 0.3 is 0 Å². The van der Waals surface area contributed by atoms with E-state index in [0.29, 0.717) is 23.0 Å². The highest BCUT2D eigenvalue weighted by atomic mass is 32.2. The molecule has 2 aromatic carbocycles. The molecule has 1 amide bonds. The van der Waals surface area contributed by atoms with Crippen LogP contribution >= 0.6 is 11.9 Å². The fourth-order valence-electron chi connectivity index (χ4n) is 2.78. The number of nitrogens with one attached hydrogen (secondary N) is 3. The number of nitrogens with zero attached hydrogens (tertiary/aromatic N) is 2. The molecule has 0 atom stereocenters. The number of rotatable bonds is 9. The minimum absolute atomic E-state index is 0.00801. The van der Waals surface area contributed by atoms with Crippen molar-refractivity contribution < 1.29 is 22.4 Å². The molecule has 3 rings (SSSR count). The molecule has 0 bridgehead atoms. The highest BCUT2D eigenvalue weighted by Gasteiger charge is 2.22. The molecule has 0 aliphatic rings. The second kappa shape index (κ2) is 10.3. The Labute approximate surface area is 180 Å². The SMILES string of the molecule is CCCSNc1cc(F)c(F)c(NC(=O)c2cccc3c(NCCF)ncnc23)c1F. The van der Waals surface area contributed by atoms with E-state index in [1.807, 2.05) is 6.92 Å². The molecule has 3 aromatic rings. The van der Waals surface area contributed by atoms with Gasteiger partial charge in [-0.05, 0) is 18.6 Å². The summed E-state index contributed by atoms with van der Waals surface area (Å²) in [6.45, 7) is 1.29. The average Bonchev–Trinajstić information content (AvgIpc) is 2.78. The van der Waals surface area contributed by atoms with E-state index in [2.05, 4.69) is 25.3 Å². The van der Waals surface area contributed by atoms with Gasteiger partial charge in [0.15, 0.2) is 17.5 Å². The summed E-state index contributed by atoms with van der Waals surface area (Å²) in [6, 6.07) is 5.23. The van der Waals surface area contributed by atoms with Crippen molar-refractivity contribution in [3.05, 3.63) is 53.6 Å². The van der Waals surface area contributed by atoms with Crippen LogP contribution in [0, 0.1) is 17.5 Å². The molecule has 11 heteroatoms. The number of carbonyl (C=O) groups excluding carboxylic acids is 1. The number of amides is 1. The van der Waals surface area contributed by atoms with Crippen molar-refractivity contribution in [2.24, 2.45) is 0 Å². The minimum Gasteiger partial charge on any atom is -0.367 e. The Kier molecular flexibility index (Phi) is 7.50. The third-order valence-electron chi connectivity index (χ3n) is 4.18. The standard InChI is InChI=1S/C20H19F4N5OS/c1-2-8-31-29-14-9-13(22)15(23)18(16(14)24)28-20(30)12-5-3-4-11-17(12)26-10-27-19(11)25-7-6-21/h3-5,9-10,29H,2,6-8H2,1H3,(H,28,30)(H,25,26,27). The largest absolute Gasteiger partial charge is 0.367 e. The van der Waals surface area contributed by atoms with E-state index in [9.17, 15) is 22.4 Å². The molecular weight excluding hydrogens is 434 g/mol. The maximum Gasteiger partial charge on any atom is 0.258 e. The number of alkyl halides is 1. The van der Waals surface area contributed by atoms with Gasteiger partial charge in [0.05, 0.1) is 16.8 Å². The molecule has 0 saturated carbocycles. The molecule has 0 unspecified atom stereocenters. The first kappa shape index (κ1) is 22.6. The Morgan fingerprint density at radius 2 is 1.97 bits per heavy atom. The van der Waals surface area contributed by atoms with Crippen LogP contribution in [0.25, 0.3) is 10.9 Å². The second-order valence-corrected chi connectivity index (χ2v) is 7.25. The second-order valence-electron chi connectivity index (χ2n) is 6.35. The molecule has 6 nitrogen and oxygen atoms in total. The van der Waals surface area contributed by atoms with Gasteiger partial charge in [0.2, 0.25) is 0 Å². The summed E-state index contributed by atoms with van der Waals surface area (Å²) < 4.78 is 58.2. The predicted octanol–water partition coefficient (Wildman–Crippen LogP) is 5.15. The molecule has 0 fully saturated rings. The lowest BCUT2D eigenvalue weighted by atomic mass is 10.1. The molecule has 0 saturated heterocycles. The van der Waals surface area contributed by atoms with Gasteiger partial charge in [-0.1, -0.05) is 24.9 Å². The number of fused-ring (bicyclic) bond motifs is 1. The van der Waals surface area contributed by atoms with E-state index in [1.165, 1.54) is 18.5 Å². The molecule has 31 heavy (non-hydrogen) atoms. The Bertz CT molecular complexity index is 1100. The van der Waals surface area contributed by atoms with Crippen molar-refractivity contribution >= 4 is 46.0 Å². The molecular formula is C20H19F4N5OS. The Morgan fingerprint density at radius 1 is 1.16 bits per heavy atom. The Balaban J connectivity index is 1.95. The van der Waals surface area contributed by atoms with Gasteiger partial charge in [0.1, 0.15) is 24.5 Å². The van der Waals surface area contributed by atoms with Crippen LogP contribution in [0.1, 0.15) is 23.7 Å². The number of benzene rings is 2. The maximum atomic E-state index is 14.8. The lowest BCUT2D eigenvalue weighted by molar-refractivity contribution is 0.102. The van der Waals surface area contributed by atoms with Crippen LogP contribution in [-0.4, -0.2) is 34.8 Å². The van der Waals surface area contributed by atoms with Gasteiger partial charge in [-0.25, -0.2) is 27.5 Å². The van der Waals surface area contributed by atoms with Crippen molar-refractivity contribution in [2.75, 3.05) is 34.3 Å². The van der Waals surface area contributed by atoms with Gasteiger partial charge < -0.3 is 15.4 Å². The zero-order valence-corrected chi connectivity index (χ0v) is 17.3. The predicted molar refractivity (Wildman–Crippen MR) is 115 cm³/mol. The summed E-state index contributed by atoms with van der Waals surface area (Å²) in [7, 11) is 0. The zero-order valence-electron chi connectivity index (χ0n) is 16.4. The molecule has 0 aliphatic carbocycles. The van der Waals surface area contributed by atoms with Crippen LogP contribution in [-0.2, 0) is 0 Å². The number of hydrogen-bond acceptors (Lipinski definition) is 6. The Hall–Kier alpha value is -3.08. The molecule has 164 valence electrons. The summed E-state index contributed by atoms with van der Waals surface area (Å²) >= 11 is 1.13. The van der Waals surface area contributed by atoms with Crippen molar-refractivity contribution in [3.63, 3.8) is 0 Å². The summed E-state index contributed by atoms with van der Waals surface area (Å²) in [5, 5.41) is 5.29. The van der Waals surface area contributed by atoms with E-state index < -0.39 is 35.7 Å². The van der Waals surface area contributed by atoms with Gasteiger partial charge in [-0.2, -0.15) is 0 Å². The van der Waals surface area contributed by atoms with Crippen molar-refractivity contribution in [1.29, 1.82) is 0 Å². The lowest BCUT2D eigenvalue weighted by Gasteiger charge is -2.14. The summed E-state index contributed by atoms with van der Waals surface area (Å²) in [4.78, 5) is 20.9. The van der Waals surface area contributed by atoms with Crippen LogP contribution in [0.15, 0.2) is 30.6 Å². The van der Waals surface area contributed by atoms with Crippen LogP contribution in [0.5, 0.6) is 0 Å².